The van der Waals surface area contributed by atoms with Gasteiger partial charge in [0.25, 0.3) is 5.91 Å². The Balaban J connectivity index is 2.96. The Morgan fingerprint density at radius 2 is 2.33 bits per heavy atom. The van der Waals surface area contributed by atoms with E-state index in [1.165, 1.54) is 35.3 Å². The summed E-state index contributed by atoms with van der Waals surface area (Å²) in [6, 6.07) is 1.83. The number of hydrogen-bond donors (Lipinski definition) is 1. The second-order valence-electron chi connectivity index (χ2n) is 3.99. The molecule has 1 aromatic rings. The fraction of sp³-hybridized carbons (Fsp3) is 0.286. The molecule has 0 saturated carbocycles. The van der Waals surface area contributed by atoms with Gasteiger partial charge >= 0.3 is 0 Å². The van der Waals surface area contributed by atoms with Gasteiger partial charge in [-0.15, -0.1) is 17.9 Å². The summed E-state index contributed by atoms with van der Waals surface area (Å²) in [7, 11) is 0. The van der Waals surface area contributed by atoms with Gasteiger partial charge in [-0.3, -0.25) is 14.5 Å². The molecule has 0 bridgehead atoms. The van der Waals surface area contributed by atoms with E-state index in [-0.39, 0.29) is 18.0 Å². The van der Waals surface area contributed by atoms with Crippen LogP contribution in [0.3, 0.4) is 0 Å². The van der Waals surface area contributed by atoms with Gasteiger partial charge in [-0.2, -0.15) is 5.26 Å². The zero-order chi connectivity index (χ0) is 15.8. The summed E-state index contributed by atoms with van der Waals surface area (Å²) in [6.07, 6.45) is 2.92. The maximum absolute atomic E-state index is 11.7. The first kappa shape index (κ1) is 16.6. The highest BCUT2D eigenvalue weighted by molar-refractivity contribution is 7.14. The number of carbonyl (C=O) groups excluding carboxylic acids is 2. The minimum absolute atomic E-state index is 0.0421. The molecule has 6 nitrogen and oxygen atoms in total. The number of nitrogens with zero attached hydrogens (tertiary/aromatic N) is 3. The molecule has 0 aromatic carbocycles. The van der Waals surface area contributed by atoms with Gasteiger partial charge in [-0.05, 0) is 13.0 Å². The molecule has 0 unspecified atom stereocenters. The Hall–Kier alpha value is -2.46. The molecule has 1 rings (SSSR count). The third-order valence-electron chi connectivity index (χ3n) is 2.50. The molecule has 0 aliphatic rings. The number of carbonyl (C=O) groups is 2. The molecule has 2 amide bonds. The van der Waals surface area contributed by atoms with E-state index in [0.29, 0.717) is 17.4 Å². The van der Waals surface area contributed by atoms with Crippen LogP contribution in [0.2, 0.25) is 0 Å². The lowest BCUT2D eigenvalue weighted by Gasteiger charge is -2.14. The fourth-order valence-corrected chi connectivity index (χ4v) is 2.41. The van der Waals surface area contributed by atoms with Crippen molar-refractivity contribution in [2.45, 2.75) is 13.8 Å². The van der Waals surface area contributed by atoms with Gasteiger partial charge < -0.3 is 5.32 Å². The maximum atomic E-state index is 11.7. The third kappa shape index (κ3) is 4.54. The van der Waals surface area contributed by atoms with Gasteiger partial charge in [0.2, 0.25) is 5.91 Å². The molecule has 110 valence electrons. The molecule has 1 heterocycles. The summed E-state index contributed by atoms with van der Waals surface area (Å²) < 4.78 is 0. The van der Waals surface area contributed by atoms with Gasteiger partial charge in [-0.1, -0.05) is 6.08 Å². The fourth-order valence-electron chi connectivity index (χ4n) is 1.52. The molecule has 0 saturated heterocycles. The van der Waals surface area contributed by atoms with Crippen LogP contribution in [0, 0.1) is 11.3 Å². The Labute approximate surface area is 127 Å². The Morgan fingerprint density at radius 3 is 2.86 bits per heavy atom. The molecule has 1 aromatic heterocycles. The molecule has 0 fully saturated rings. The lowest BCUT2D eigenvalue weighted by atomic mass is 10.2. The van der Waals surface area contributed by atoms with Crippen LogP contribution in [0.25, 0.3) is 6.08 Å². The molecule has 0 aliphatic carbocycles. The molecule has 21 heavy (non-hydrogen) atoms. The Morgan fingerprint density at radius 1 is 1.62 bits per heavy atom. The van der Waals surface area contributed by atoms with Crippen molar-refractivity contribution in [2.24, 2.45) is 0 Å². The lowest BCUT2D eigenvalue weighted by molar-refractivity contribution is -0.117. The predicted octanol–water partition coefficient (Wildman–Crippen LogP) is 1.73. The number of hydrogen-bond acceptors (Lipinski definition) is 5. The molecule has 0 spiro atoms. The standard InChI is InChI=1S/C14H16N4O2S/c1-4-6-16-13(20)11(8-15)7-12-9-21-14(17-12)18(5-2)10(3)19/h4,7,9H,1,5-6H2,2-3H3,(H,16,20)/b11-7+. The first-order chi connectivity index (χ1) is 10.0. The van der Waals surface area contributed by atoms with Gasteiger partial charge in [-0.25, -0.2) is 4.98 Å². The topological polar surface area (TPSA) is 86.1 Å². The molecule has 1 N–H and O–H groups in total. The van der Waals surface area contributed by atoms with Gasteiger partial charge in [0, 0.05) is 25.4 Å². The number of nitriles is 1. The monoisotopic (exact) mass is 304 g/mol. The normalized spacial score (nSPS) is 10.6. The van der Waals surface area contributed by atoms with E-state index in [1.807, 2.05) is 13.0 Å². The van der Waals surface area contributed by atoms with Crippen molar-refractivity contribution in [1.82, 2.24) is 10.3 Å². The second kappa shape index (κ2) is 7.97. The van der Waals surface area contributed by atoms with Gasteiger partial charge in [0.1, 0.15) is 11.6 Å². The van der Waals surface area contributed by atoms with Crippen LogP contribution in [0.5, 0.6) is 0 Å². The van der Waals surface area contributed by atoms with Crippen molar-refractivity contribution >= 4 is 34.4 Å². The number of amides is 2. The molecular weight excluding hydrogens is 288 g/mol. The van der Waals surface area contributed by atoms with Crippen LogP contribution in [-0.4, -0.2) is 29.9 Å². The number of anilines is 1. The molecule has 0 atom stereocenters. The van der Waals surface area contributed by atoms with Crippen molar-refractivity contribution in [3.8, 4) is 6.07 Å². The highest BCUT2D eigenvalue weighted by atomic mass is 32.1. The summed E-state index contributed by atoms with van der Waals surface area (Å²) in [4.78, 5) is 28.9. The van der Waals surface area contributed by atoms with Crippen LogP contribution >= 0.6 is 11.3 Å². The summed E-state index contributed by atoms with van der Waals surface area (Å²) in [5.41, 5.74) is 0.430. The zero-order valence-corrected chi connectivity index (χ0v) is 12.7. The Bertz CT molecular complexity index is 613. The van der Waals surface area contributed by atoms with Crippen LogP contribution in [0.4, 0.5) is 5.13 Å². The van der Waals surface area contributed by atoms with E-state index in [2.05, 4.69) is 16.9 Å². The van der Waals surface area contributed by atoms with E-state index in [0.717, 1.165) is 0 Å². The van der Waals surface area contributed by atoms with Gasteiger partial charge in [0.15, 0.2) is 5.13 Å². The number of thiazole rings is 1. The van der Waals surface area contributed by atoms with Crippen LogP contribution in [-0.2, 0) is 9.59 Å². The number of nitrogens with one attached hydrogen (secondary N) is 1. The number of aromatic nitrogens is 1. The SMILES string of the molecule is C=CCNC(=O)/C(C#N)=C/c1csc(N(CC)C(C)=O)n1. The summed E-state index contributed by atoms with van der Waals surface area (Å²) in [5.74, 6) is -0.586. The summed E-state index contributed by atoms with van der Waals surface area (Å²) in [6.45, 7) is 7.59. The second-order valence-corrected chi connectivity index (χ2v) is 4.82. The van der Waals surface area contributed by atoms with E-state index < -0.39 is 5.91 Å². The predicted molar refractivity (Wildman–Crippen MR) is 82.6 cm³/mol. The largest absolute Gasteiger partial charge is 0.348 e. The van der Waals surface area contributed by atoms with E-state index >= 15 is 0 Å². The zero-order valence-electron chi connectivity index (χ0n) is 11.9. The van der Waals surface area contributed by atoms with Crippen molar-refractivity contribution in [3.63, 3.8) is 0 Å². The molecule has 0 radical (unpaired) electrons. The average molecular weight is 304 g/mol. The lowest BCUT2D eigenvalue weighted by Crippen LogP contribution is -2.27. The first-order valence-electron chi connectivity index (χ1n) is 6.28. The van der Waals surface area contributed by atoms with E-state index in [9.17, 15) is 9.59 Å². The third-order valence-corrected chi connectivity index (χ3v) is 3.38. The highest BCUT2D eigenvalue weighted by Crippen LogP contribution is 2.22. The molecule has 0 aliphatic heterocycles. The quantitative estimate of drug-likeness (QED) is 0.492. The Kier molecular flexibility index (Phi) is 6.30. The van der Waals surface area contributed by atoms with E-state index in [1.54, 1.807) is 5.38 Å². The van der Waals surface area contributed by atoms with E-state index in [4.69, 9.17) is 5.26 Å². The number of rotatable bonds is 6. The summed E-state index contributed by atoms with van der Waals surface area (Å²) in [5, 5.41) is 13.8. The van der Waals surface area contributed by atoms with Crippen LogP contribution in [0.15, 0.2) is 23.6 Å². The first-order valence-corrected chi connectivity index (χ1v) is 7.16. The van der Waals surface area contributed by atoms with Crippen molar-refractivity contribution in [3.05, 3.63) is 29.3 Å². The molecular formula is C14H16N4O2S. The van der Waals surface area contributed by atoms with Gasteiger partial charge in [0.05, 0.1) is 5.69 Å². The van der Waals surface area contributed by atoms with Crippen LogP contribution in [0.1, 0.15) is 19.5 Å². The average Bonchev–Trinajstić information content (AvgIpc) is 2.90. The van der Waals surface area contributed by atoms with Crippen molar-refractivity contribution in [1.29, 1.82) is 5.26 Å². The van der Waals surface area contributed by atoms with Crippen LogP contribution < -0.4 is 10.2 Å². The summed E-state index contributed by atoms with van der Waals surface area (Å²) >= 11 is 1.28. The highest BCUT2D eigenvalue weighted by Gasteiger charge is 2.14. The molecule has 7 heteroatoms. The minimum atomic E-state index is -0.481. The van der Waals surface area contributed by atoms with Crippen molar-refractivity contribution in [2.75, 3.05) is 18.0 Å². The van der Waals surface area contributed by atoms with Crippen molar-refractivity contribution < 1.29 is 9.59 Å². The smallest absolute Gasteiger partial charge is 0.262 e. The maximum Gasteiger partial charge on any atom is 0.262 e. The minimum Gasteiger partial charge on any atom is -0.348 e.